The lowest BCUT2D eigenvalue weighted by molar-refractivity contribution is 0.510. The topological polar surface area (TPSA) is 105 Å². The smallest absolute Gasteiger partial charge is 0.265 e. The van der Waals surface area contributed by atoms with Crippen LogP contribution in [0.15, 0.2) is 32.3 Å². The number of thioether (sulfide) groups is 2. The standard InChI is InChI=1S/C18H22N8O2S2/c1-23-15(27)11-9-19-25(13(11)21-17(23)29-3)7-5-6-8-26-14-12(10-20-26)16(28)24(2)18(22-14)30-4/h9-10H,5-8H2,1-4H3. The highest BCUT2D eigenvalue weighted by Gasteiger charge is 2.14. The zero-order chi connectivity index (χ0) is 21.4. The third kappa shape index (κ3) is 3.43. The van der Waals surface area contributed by atoms with Crippen molar-refractivity contribution in [2.45, 2.75) is 36.2 Å². The summed E-state index contributed by atoms with van der Waals surface area (Å²) in [5, 5.41) is 11.1. The van der Waals surface area contributed by atoms with Gasteiger partial charge in [-0.25, -0.2) is 19.3 Å². The fourth-order valence-electron chi connectivity index (χ4n) is 3.38. The van der Waals surface area contributed by atoms with E-state index in [0.29, 0.717) is 45.5 Å². The molecule has 0 aromatic carbocycles. The summed E-state index contributed by atoms with van der Waals surface area (Å²) in [6.45, 7) is 1.28. The van der Waals surface area contributed by atoms with Crippen LogP contribution in [0.3, 0.4) is 0 Å². The molecule has 30 heavy (non-hydrogen) atoms. The van der Waals surface area contributed by atoms with Gasteiger partial charge in [0.25, 0.3) is 11.1 Å². The first-order chi connectivity index (χ1) is 14.5. The van der Waals surface area contributed by atoms with E-state index in [1.165, 1.54) is 23.5 Å². The SMILES string of the molecule is CSc1nc2c(cnn2CCCCn2ncc3c(=O)n(C)c(SC)nc32)c(=O)n1C. The van der Waals surface area contributed by atoms with E-state index in [1.807, 2.05) is 12.5 Å². The van der Waals surface area contributed by atoms with E-state index in [9.17, 15) is 9.59 Å². The fourth-order valence-corrected chi connectivity index (χ4v) is 4.45. The molecule has 0 aliphatic heterocycles. The number of unbranched alkanes of at least 4 members (excludes halogenated alkanes) is 1. The molecule has 4 aromatic rings. The van der Waals surface area contributed by atoms with Gasteiger partial charge in [-0.2, -0.15) is 10.2 Å². The zero-order valence-corrected chi connectivity index (χ0v) is 18.8. The Kier molecular flexibility index (Phi) is 5.69. The molecule has 0 aliphatic rings. The lowest BCUT2D eigenvalue weighted by Gasteiger charge is -2.08. The highest BCUT2D eigenvalue weighted by atomic mass is 32.2. The molecule has 0 radical (unpaired) electrons. The Hall–Kier alpha value is -2.60. The second-order valence-corrected chi connectivity index (χ2v) is 8.39. The van der Waals surface area contributed by atoms with Crippen LogP contribution in [0.5, 0.6) is 0 Å². The van der Waals surface area contributed by atoms with Crippen LogP contribution in [0.1, 0.15) is 12.8 Å². The molecule has 0 N–H and O–H groups in total. The molecule has 12 heteroatoms. The van der Waals surface area contributed by atoms with Crippen molar-refractivity contribution < 1.29 is 0 Å². The van der Waals surface area contributed by atoms with Crippen LogP contribution in [0.2, 0.25) is 0 Å². The maximum Gasteiger partial charge on any atom is 0.265 e. The van der Waals surface area contributed by atoms with E-state index >= 15 is 0 Å². The van der Waals surface area contributed by atoms with Gasteiger partial charge in [-0.05, 0) is 25.4 Å². The quantitative estimate of drug-likeness (QED) is 0.239. The molecule has 4 rings (SSSR count). The van der Waals surface area contributed by atoms with E-state index in [4.69, 9.17) is 0 Å². The third-order valence-corrected chi connectivity index (χ3v) is 6.49. The van der Waals surface area contributed by atoms with Gasteiger partial charge in [0.1, 0.15) is 10.8 Å². The predicted molar refractivity (Wildman–Crippen MR) is 118 cm³/mol. The average molecular weight is 447 g/mol. The molecule has 0 saturated heterocycles. The highest BCUT2D eigenvalue weighted by Crippen LogP contribution is 2.16. The summed E-state index contributed by atoms with van der Waals surface area (Å²) in [6, 6.07) is 0. The van der Waals surface area contributed by atoms with E-state index < -0.39 is 0 Å². The second-order valence-electron chi connectivity index (χ2n) is 6.84. The third-order valence-electron chi connectivity index (χ3n) is 5.03. The minimum absolute atomic E-state index is 0.0872. The van der Waals surface area contributed by atoms with Crippen molar-refractivity contribution >= 4 is 45.6 Å². The van der Waals surface area contributed by atoms with Gasteiger partial charge in [0, 0.05) is 27.2 Å². The fraction of sp³-hybridized carbons (Fsp3) is 0.444. The van der Waals surface area contributed by atoms with Crippen LogP contribution >= 0.6 is 23.5 Å². The number of rotatable bonds is 7. The molecule has 0 saturated carbocycles. The molecule has 4 heterocycles. The molecular formula is C18H22N8O2S2. The van der Waals surface area contributed by atoms with E-state index in [0.717, 1.165) is 12.8 Å². The zero-order valence-electron chi connectivity index (χ0n) is 17.2. The first-order valence-corrected chi connectivity index (χ1v) is 11.8. The number of aryl methyl sites for hydroxylation is 2. The summed E-state index contributed by atoms with van der Waals surface area (Å²) in [5.41, 5.74) is 1.05. The normalized spacial score (nSPS) is 11.7. The molecule has 10 nitrogen and oxygen atoms in total. The number of hydrogen-bond donors (Lipinski definition) is 0. The van der Waals surface area contributed by atoms with E-state index in [-0.39, 0.29) is 11.1 Å². The van der Waals surface area contributed by atoms with Crippen LogP contribution < -0.4 is 11.1 Å². The predicted octanol–water partition coefficient (Wildman–Crippen LogP) is 1.50. The number of nitrogens with zero attached hydrogens (tertiary/aromatic N) is 8. The Balaban J connectivity index is 1.50. The Morgan fingerprint density at radius 2 is 1.17 bits per heavy atom. The number of aromatic nitrogens is 8. The average Bonchev–Trinajstić information content (AvgIpc) is 3.34. The van der Waals surface area contributed by atoms with Crippen LogP contribution in [0, 0.1) is 0 Å². The largest absolute Gasteiger partial charge is 0.290 e. The van der Waals surface area contributed by atoms with Crippen molar-refractivity contribution in [1.82, 2.24) is 38.7 Å². The number of hydrogen-bond acceptors (Lipinski definition) is 8. The maximum absolute atomic E-state index is 12.4. The van der Waals surface area contributed by atoms with Crippen molar-refractivity contribution in [3.63, 3.8) is 0 Å². The monoisotopic (exact) mass is 446 g/mol. The lowest BCUT2D eigenvalue weighted by Crippen LogP contribution is -2.20. The summed E-state index contributed by atoms with van der Waals surface area (Å²) >= 11 is 2.87. The second kappa shape index (κ2) is 8.26. The van der Waals surface area contributed by atoms with Crippen molar-refractivity contribution in [2.75, 3.05) is 12.5 Å². The van der Waals surface area contributed by atoms with Gasteiger partial charge in [0.2, 0.25) is 0 Å². The molecule has 158 valence electrons. The maximum atomic E-state index is 12.4. The summed E-state index contributed by atoms with van der Waals surface area (Å²) in [6.07, 6.45) is 8.60. The molecule has 0 bridgehead atoms. The Morgan fingerprint density at radius 3 is 1.53 bits per heavy atom. The molecular weight excluding hydrogens is 424 g/mol. The summed E-state index contributed by atoms with van der Waals surface area (Å²) in [4.78, 5) is 34.0. The van der Waals surface area contributed by atoms with Crippen LogP contribution in [-0.4, -0.2) is 51.2 Å². The minimum atomic E-state index is -0.0872. The van der Waals surface area contributed by atoms with E-state index in [2.05, 4.69) is 20.2 Å². The Labute approximate surface area is 180 Å². The molecule has 4 aromatic heterocycles. The first-order valence-electron chi connectivity index (χ1n) is 9.39. The summed E-state index contributed by atoms with van der Waals surface area (Å²) in [7, 11) is 3.44. The lowest BCUT2D eigenvalue weighted by atomic mass is 10.3. The molecule has 0 atom stereocenters. The van der Waals surface area contributed by atoms with Gasteiger partial charge in [0.15, 0.2) is 21.6 Å². The Bertz CT molecular complexity index is 1250. The summed E-state index contributed by atoms with van der Waals surface area (Å²) in [5.74, 6) is 0. The molecule has 0 fully saturated rings. The molecule has 0 amide bonds. The minimum Gasteiger partial charge on any atom is -0.290 e. The van der Waals surface area contributed by atoms with Crippen molar-refractivity contribution in [3.05, 3.63) is 33.1 Å². The van der Waals surface area contributed by atoms with E-state index in [1.54, 1.807) is 45.0 Å². The van der Waals surface area contributed by atoms with Gasteiger partial charge in [-0.3, -0.25) is 18.7 Å². The number of fused-ring (bicyclic) bond motifs is 2. The van der Waals surface area contributed by atoms with Crippen LogP contribution in [0.4, 0.5) is 0 Å². The highest BCUT2D eigenvalue weighted by molar-refractivity contribution is 7.98. The summed E-state index contributed by atoms with van der Waals surface area (Å²) < 4.78 is 6.64. The van der Waals surface area contributed by atoms with Crippen LogP contribution in [-0.2, 0) is 27.2 Å². The Morgan fingerprint density at radius 1 is 0.767 bits per heavy atom. The van der Waals surface area contributed by atoms with Crippen molar-refractivity contribution in [1.29, 1.82) is 0 Å². The molecule has 0 aliphatic carbocycles. The van der Waals surface area contributed by atoms with Crippen molar-refractivity contribution in [2.24, 2.45) is 14.1 Å². The van der Waals surface area contributed by atoms with Gasteiger partial charge >= 0.3 is 0 Å². The van der Waals surface area contributed by atoms with Gasteiger partial charge in [-0.15, -0.1) is 0 Å². The van der Waals surface area contributed by atoms with Crippen LogP contribution in [0.25, 0.3) is 22.1 Å². The van der Waals surface area contributed by atoms with Gasteiger partial charge in [0.05, 0.1) is 12.4 Å². The van der Waals surface area contributed by atoms with Crippen molar-refractivity contribution in [3.8, 4) is 0 Å². The first kappa shape index (κ1) is 20.7. The molecule has 0 spiro atoms. The van der Waals surface area contributed by atoms with Gasteiger partial charge < -0.3 is 0 Å². The molecule has 0 unspecified atom stereocenters. The van der Waals surface area contributed by atoms with Gasteiger partial charge in [-0.1, -0.05) is 23.5 Å².